The Bertz CT molecular complexity index is 497. The summed E-state index contributed by atoms with van der Waals surface area (Å²) in [7, 11) is 0. The minimum Gasteiger partial charge on any atom is -0.335 e. The monoisotopic (exact) mass is 313 g/mol. The smallest absolute Gasteiger partial charge is 0.318 e. The maximum Gasteiger partial charge on any atom is 0.318 e. The molecule has 0 radical (unpaired) electrons. The standard InChI is InChI=1S/C19H27N3O/c1-3-12-22(13-4-2)19(23)20-18-10-14-21(15-11-18)16-17-8-6-5-7-9-17/h3-9,18H,1-2,10-16H2,(H,20,23). The van der Waals surface area contributed by atoms with Gasteiger partial charge in [-0.3, -0.25) is 4.90 Å². The molecule has 4 nitrogen and oxygen atoms in total. The van der Waals surface area contributed by atoms with Crippen molar-refractivity contribution in [3.63, 3.8) is 0 Å². The van der Waals surface area contributed by atoms with E-state index >= 15 is 0 Å². The van der Waals surface area contributed by atoms with Crippen LogP contribution < -0.4 is 5.32 Å². The largest absolute Gasteiger partial charge is 0.335 e. The molecule has 0 aromatic heterocycles. The molecule has 1 aliphatic rings. The maximum atomic E-state index is 12.3. The Kier molecular flexibility index (Phi) is 6.88. The number of urea groups is 1. The molecule has 0 bridgehead atoms. The number of nitrogens with zero attached hydrogens (tertiary/aromatic N) is 2. The Hall–Kier alpha value is -2.07. The summed E-state index contributed by atoms with van der Waals surface area (Å²) in [6, 6.07) is 10.8. The molecule has 1 saturated heterocycles. The van der Waals surface area contributed by atoms with E-state index in [4.69, 9.17) is 0 Å². The number of likely N-dealkylation sites (tertiary alicyclic amines) is 1. The van der Waals surface area contributed by atoms with Crippen LogP contribution >= 0.6 is 0 Å². The third kappa shape index (κ3) is 5.57. The molecule has 2 rings (SSSR count). The van der Waals surface area contributed by atoms with Crippen molar-refractivity contribution < 1.29 is 4.79 Å². The van der Waals surface area contributed by atoms with Crippen molar-refractivity contribution in [2.24, 2.45) is 0 Å². The number of hydrogen-bond acceptors (Lipinski definition) is 2. The Labute approximate surface area is 139 Å². The minimum absolute atomic E-state index is 0.0219. The van der Waals surface area contributed by atoms with Gasteiger partial charge in [-0.05, 0) is 18.4 Å². The normalized spacial score (nSPS) is 15.8. The van der Waals surface area contributed by atoms with E-state index in [1.807, 2.05) is 6.07 Å². The van der Waals surface area contributed by atoms with Gasteiger partial charge in [0, 0.05) is 38.8 Å². The molecule has 124 valence electrons. The van der Waals surface area contributed by atoms with Gasteiger partial charge in [-0.25, -0.2) is 4.79 Å². The maximum absolute atomic E-state index is 12.3. The van der Waals surface area contributed by atoms with Crippen LogP contribution in [0, 0.1) is 0 Å². The summed E-state index contributed by atoms with van der Waals surface area (Å²) in [6.07, 6.45) is 5.47. The summed E-state index contributed by atoms with van der Waals surface area (Å²) in [4.78, 5) is 16.4. The third-order valence-corrected chi connectivity index (χ3v) is 4.15. The van der Waals surface area contributed by atoms with Crippen LogP contribution in [0.4, 0.5) is 4.79 Å². The molecular weight excluding hydrogens is 286 g/mol. The molecular formula is C19H27N3O. The number of amides is 2. The van der Waals surface area contributed by atoms with E-state index in [-0.39, 0.29) is 12.1 Å². The summed E-state index contributed by atoms with van der Waals surface area (Å²) >= 11 is 0. The molecule has 1 fully saturated rings. The van der Waals surface area contributed by atoms with Gasteiger partial charge in [-0.2, -0.15) is 0 Å². The fourth-order valence-electron chi connectivity index (χ4n) is 2.89. The van der Waals surface area contributed by atoms with Crippen molar-refractivity contribution in [1.82, 2.24) is 15.1 Å². The average Bonchev–Trinajstić information content (AvgIpc) is 2.57. The van der Waals surface area contributed by atoms with Crippen LogP contribution in [-0.2, 0) is 6.54 Å². The molecule has 1 aliphatic heterocycles. The number of hydrogen-bond donors (Lipinski definition) is 1. The molecule has 1 aromatic carbocycles. The van der Waals surface area contributed by atoms with Crippen molar-refractivity contribution in [3.8, 4) is 0 Å². The highest BCUT2D eigenvalue weighted by Gasteiger charge is 2.22. The van der Waals surface area contributed by atoms with E-state index in [2.05, 4.69) is 47.6 Å². The van der Waals surface area contributed by atoms with Gasteiger partial charge in [0.25, 0.3) is 0 Å². The Morgan fingerprint density at radius 1 is 1.17 bits per heavy atom. The fraction of sp³-hybridized carbons (Fsp3) is 0.421. The highest BCUT2D eigenvalue weighted by Crippen LogP contribution is 2.14. The van der Waals surface area contributed by atoms with Gasteiger partial charge in [0.05, 0.1) is 0 Å². The van der Waals surface area contributed by atoms with Crippen molar-refractivity contribution in [2.45, 2.75) is 25.4 Å². The first-order chi connectivity index (χ1) is 11.2. The lowest BCUT2D eigenvalue weighted by Crippen LogP contribution is -2.49. The lowest BCUT2D eigenvalue weighted by molar-refractivity contribution is 0.174. The van der Waals surface area contributed by atoms with Crippen LogP contribution in [0.25, 0.3) is 0 Å². The van der Waals surface area contributed by atoms with Crippen molar-refractivity contribution in [1.29, 1.82) is 0 Å². The average molecular weight is 313 g/mol. The number of carbonyl (C=O) groups excluding carboxylic acids is 1. The summed E-state index contributed by atoms with van der Waals surface area (Å²) in [6.45, 7) is 11.5. The zero-order valence-corrected chi connectivity index (χ0v) is 13.8. The first-order valence-corrected chi connectivity index (χ1v) is 8.26. The van der Waals surface area contributed by atoms with Gasteiger partial charge in [-0.15, -0.1) is 13.2 Å². The first-order valence-electron chi connectivity index (χ1n) is 8.26. The van der Waals surface area contributed by atoms with E-state index in [9.17, 15) is 4.79 Å². The molecule has 0 unspecified atom stereocenters. The van der Waals surface area contributed by atoms with Crippen LogP contribution in [-0.4, -0.2) is 48.1 Å². The van der Waals surface area contributed by atoms with E-state index in [1.54, 1.807) is 17.1 Å². The van der Waals surface area contributed by atoms with Gasteiger partial charge in [-0.1, -0.05) is 42.5 Å². The number of benzene rings is 1. The number of piperidine rings is 1. The molecule has 1 heterocycles. The Morgan fingerprint density at radius 3 is 2.35 bits per heavy atom. The molecule has 0 atom stereocenters. The summed E-state index contributed by atoms with van der Waals surface area (Å²) in [5.74, 6) is 0. The van der Waals surface area contributed by atoms with Crippen LogP contribution in [0.3, 0.4) is 0 Å². The number of carbonyl (C=O) groups is 1. The molecule has 0 spiro atoms. The van der Waals surface area contributed by atoms with Crippen molar-refractivity contribution in [3.05, 3.63) is 61.2 Å². The zero-order chi connectivity index (χ0) is 16.5. The van der Waals surface area contributed by atoms with Crippen molar-refractivity contribution in [2.75, 3.05) is 26.2 Å². The quantitative estimate of drug-likeness (QED) is 0.785. The van der Waals surface area contributed by atoms with Gasteiger partial charge >= 0.3 is 6.03 Å². The lowest BCUT2D eigenvalue weighted by Gasteiger charge is -2.33. The van der Waals surface area contributed by atoms with Crippen LogP contribution in [0.2, 0.25) is 0 Å². The SMILES string of the molecule is C=CCN(CC=C)C(=O)NC1CCN(Cc2ccccc2)CC1. The lowest BCUT2D eigenvalue weighted by atomic mass is 10.0. The first kappa shape index (κ1) is 17.3. The van der Waals surface area contributed by atoms with Crippen LogP contribution in [0.5, 0.6) is 0 Å². The predicted octanol–water partition coefficient (Wildman–Crippen LogP) is 3.03. The molecule has 0 aliphatic carbocycles. The minimum atomic E-state index is -0.0219. The van der Waals surface area contributed by atoms with E-state index in [1.165, 1.54) is 5.56 Å². The van der Waals surface area contributed by atoms with Gasteiger partial charge < -0.3 is 10.2 Å². The topological polar surface area (TPSA) is 35.6 Å². The van der Waals surface area contributed by atoms with Gasteiger partial charge in [0.1, 0.15) is 0 Å². The zero-order valence-electron chi connectivity index (χ0n) is 13.8. The molecule has 1 N–H and O–H groups in total. The highest BCUT2D eigenvalue weighted by molar-refractivity contribution is 5.74. The number of rotatable bonds is 7. The summed E-state index contributed by atoms with van der Waals surface area (Å²) in [5, 5.41) is 3.14. The van der Waals surface area contributed by atoms with Gasteiger partial charge in [0.15, 0.2) is 0 Å². The number of nitrogens with one attached hydrogen (secondary N) is 1. The van der Waals surface area contributed by atoms with Crippen molar-refractivity contribution >= 4 is 6.03 Å². The van der Waals surface area contributed by atoms with E-state index < -0.39 is 0 Å². The second-order valence-corrected chi connectivity index (χ2v) is 5.97. The molecule has 2 amide bonds. The van der Waals surface area contributed by atoms with Crippen LogP contribution in [0.1, 0.15) is 18.4 Å². The highest BCUT2D eigenvalue weighted by atomic mass is 16.2. The second-order valence-electron chi connectivity index (χ2n) is 5.97. The van der Waals surface area contributed by atoms with E-state index in [0.717, 1.165) is 32.5 Å². The third-order valence-electron chi connectivity index (χ3n) is 4.15. The van der Waals surface area contributed by atoms with Gasteiger partial charge in [0.2, 0.25) is 0 Å². The predicted molar refractivity (Wildman–Crippen MR) is 95.2 cm³/mol. The summed E-state index contributed by atoms with van der Waals surface area (Å²) < 4.78 is 0. The fourth-order valence-corrected chi connectivity index (χ4v) is 2.89. The molecule has 0 saturated carbocycles. The molecule has 1 aromatic rings. The second kappa shape index (κ2) is 9.16. The molecule has 4 heteroatoms. The molecule has 23 heavy (non-hydrogen) atoms. The van der Waals surface area contributed by atoms with Crippen LogP contribution in [0.15, 0.2) is 55.6 Å². The summed E-state index contributed by atoms with van der Waals surface area (Å²) in [5.41, 5.74) is 1.35. The Morgan fingerprint density at radius 2 is 1.78 bits per heavy atom. The Balaban J connectivity index is 1.76. The van der Waals surface area contributed by atoms with E-state index in [0.29, 0.717) is 13.1 Å².